The second-order valence-corrected chi connectivity index (χ2v) is 16.0. The minimum atomic E-state index is 0.859. The topological polar surface area (TPSA) is 43.5 Å². The van der Waals surface area contributed by atoms with Crippen molar-refractivity contribution in [3.8, 4) is 33.6 Å². The summed E-state index contributed by atoms with van der Waals surface area (Å²) in [5.74, 6) is 0.859. The lowest BCUT2D eigenvalue weighted by Gasteiger charge is -2.26. The van der Waals surface area contributed by atoms with E-state index in [4.69, 9.17) is 9.40 Å². The van der Waals surface area contributed by atoms with Gasteiger partial charge in [-0.05, 0) is 107 Å². The number of hydrogen-bond acceptors (Lipinski definition) is 3. The number of nitrogens with zero attached hydrogens (tertiary/aromatic N) is 5. The first-order chi connectivity index (χ1) is 31.3. The Morgan fingerprint density at radius 2 is 0.984 bits per heavy atom. The first-order valence-corrected chi connectivity index (χ1v) is 21.3. The molecule has 0 bridgehead atoms. The van der Waals surface area contributed by atoms with Crippen LogP contribution in [-0.2, 0) is 0 Å². The highest BCUT2D eigenvalue weighted by atomic mass is 16.3. The van der Waals surface area contributed by atoms with Crippen LogP contribution in [0.1, 0.15) is 0 Å². The Kier molecular flexibility index (Phi) is 7.80. The molecule has 4 heterocycles. The van der Waals surface area contributed by atoms with E-state index < -0.39 is 0 Å². The van der Waals surface area contributed by atoms with E-state index >= 15 is 0 Å². The van der Waals surface area contributed by atoms with Crippen molar-refractivity contribution >= 4 is 77.9 Å². The van der Waals surface area contributed by atoms with E-state index in [2.05, 4.69) is 231 Å². The lowest BCUT2D eigenvalue weighted by atomic mass is 9.99. The Bertz CT molecular complexity index is 3820. The zero-order valence-corrected chi connectivity index (χ0v) is 34.0. The minimum absolute atomic E-state index is 0.859. The fourth-order valence-corrected chi connectivity index (χ4v) is 9.64. The van der Waals surface area contributed by atoms with E-state index in [1.54, 1.807) is 0 Å². The van der Waals surface area contributed by atoms with E-state index in [0.717, 1.165) is 95.0 Å². The third-order valence-electron chi connectivity index (χ3n) is 12.4. The van der Waals surface area contributed by atoms with Crippen molar-refractivity contribution in [2.24, 2.45) is 0 Å². The zero-order valence-electron chi connectivity index (χ0n) is 34.0. The largest absolute Gasteiger partial charge is 0.456 e. The number of furan rings is 1. The van der Waals surface area contributed by atoms with Crippen molar-refractivity contribution in [2.45, 2.75) is 0 Å². The SMILES string of the molecule is c1ccc(-c2ccc(N(c3ccc(-c4cccc5oc6ccccc6c45)cc3)c3ccc4c(c3)nc3n(-c5ccccc5)c5c6ccccc6n(-c6ccccc6)c5n43)cc2)cc1. The zero-order chi connectivity index (χ0) is 41.4. The van der Waals surface area contributed by atoms with Crippen LogP contribution < -0.4 is 4.90 Å². The van der Waals surface area contributed by atoms with Crippen LogP contribution in [0.4, 0.5) is 17.1 Å². The van der Waals surface area contributed by atoms with E-state index in [1.807, 2.05) is 12.1 Å². The van der Waals surface area contributed by atoms with Crippen molar-refractivity contribution in [1.82, 2.24) is 18.5 Å². The van der Waals surface area contributed by atoms with E-state index in [9.17, 15) is 0 Å². The molecule has 296 valence electrons. The van der Waals surface area contributed by atoms with Crippen molar-refractivity contribution in [3.63, 3.8) is 0 Å². The summed E-state index contributed by atoms with van der Waals surface area (Å²) in [5, 5.41) is 3.42. The van der Waals surface area contributed by atoms with E-state index in [-0.39, 0.29) is 0 Å². The van der Waals surface area contributed by atoms with Gasteiger partial charge < -0.3 is 9.32 Å². The summed E-state index contributed by atoms with van der Waals surface area (Å²) < 4.78 is 13.3. The van der Waals surface area contributed by atoms with Gasteiger partial charge >= 0.3 is 0 Å². The van der Waals surface area contributed by atoms with Crippen LogP contribution in [0.5, 0.6) is 0 Å². The Labute approximate surface area is 362 Å². The van der Waals surface area contributed by atoms with Gasteiger partial charge in [-0.15, -0.1) is 0 Å². The molecule has 0 aliphatic carbocycles. The van der Waals surface area contributed by atoms with Gasteiger partial charge in [0, 0.05) is 44.6 Å². The molecule has 0 saturated heterocycles. The van der Waals surface area contributed by atoms with Crippen LogP contribution in [0.2, 0.25) is 0 Å². The lowest BCUT2D eigenvalue weighted by Crippen LogP contribution is -2.10. The van der Waals surface area contributed by atoms with Gasteiger partial charge in [0.1, 0.15) is 16.7 Å². The average Bonchev–Trinajstić information content (AvgIpc) is 4.09. The summed E-state index contributed by atoms with van der Waals surface area (Å²) in [6.07, 6.45) is 0. The highest BCUT2D eigenvalue weighted by molar-refractivity contribution is 6.13. The van der Waals surface area contributed by atoms with Gasteiger partial charge in [0.2, 0.25) is 5.78 Å². The maximum Gasteiger partial charge on any atom is 0.221 e. The highest BCUT2D eigenvalue weighted by Crippen LogP contribution is 2.43. The molecule has 0 amide bonds. The first-order valence-electron chi connectivity index (χ1n) is 21.3. The molecule has 0 fully saturated rings. The van der Waals surface area contributed by atoms with Crippen LogP contribution in [0.25, 0.3) is 94.4 Å². The summed E-state index contributed by atoms with van der Waals surface area (Å²) in [6, 6.07) is 79.5. The highest BCUT2D eigenvalue weighted by Gasteiger charge is 2.26. The normalized spacial score (nSPS) is 11.8. The molecule has 0 atom stereocenters. The van der Waals surface area contributed by atoms with Gasteiger partial charge in [0.05, 0.1) is 16.6 Å². The van der Waals surface area contributed by atoms with Crippen LogP contribution >= 0.6 is 0 Å². The number of rotatable bonds is 7. The molecule has 4 aromatic heterocycles. The molecule has 63 heavy (non-hydrogen) atoms. The van der Waals surface area contributed by atoms with Gasteiger partial charge in [0.25, 0.3) is 0 Å². The standard InChI is InChI=1S/C57H37N5O/c1-4-15-38(16-5-1)39-27-31-43(32-28-39)59(44-33-29-40(30-34-44)46-23-14-26-53-54(46)48-22-11-13-25-52(48)63-53)45-35-36-51-49(37-45)58-57-61(42-19-8-3-9-20-42)55-47-21-10-12-24-50(47)60(56(55)62(51)57)41-17-6-2-7-18-41/h1-37H. The molecule has 6 nitrogen and oxygen atoms in total. The number of fused-ring (bicyclic) bond motifs is 10. The molecular weight excluding hydrogens is 771 g/mol. The molecule has 0 spiro atoms. The van der Waals surface area contributed by atoms with Crippen LogP contribution in [0.3, 0.4) is 0 Å². The minimum Gasteiger partial charge on any atom is -0.456 e. The maximum absolute atomic E-state index is 6.27. The van der Waals surface area contributed by atoms with Gasteiger partial charge in [-0.25, -0.2) is 4.98 Å². The Morgan fingerprint density at radius 1 is 0.413 bits per heavy atom. The number of hydrogen-bond donors (Lipinski definition) is 0. The third-order valence-corrected chi connectivity index (χ3v) is 12.4. The molecule has 0 saturated carbocycles. The monoisotopic (exact) mass is 807 g/mol. The molecule has 0 aliphatic rings. The quantitative estimate of drug-likeness (QED) is 0.161. The molecule has 9 aromatic carbocycles. The van der Waals surface area contributed by atoms with Crippen LogP contribution in [0, 0.1) is 0 Å². The van der Waals surface area contributed by atoms with Crippen molar-refractivity contribution in [3.05, 3.63) is 224 Å². The Balaban J connectivity index is 1.02. The second-order valence-electron chi connectivity index (χ2n) is 16.0. The number of aromatic nitrogens is 4. The molecule has 0 unspecified atom stereocenters. The summed E-state index contributed by atoms with van der Waals surface area (Å²) in [7, 11) is 0. The number of benzene rings is 9. The predicted molar refractivity (Wildman–Crippen MR) is 259 cm³/mol. The Hall–Kier alpha value is -8.61. The van der Waals surface area contributed by atoms with E-state index in [1.165, 1.54) is 16.5 Å². The Morgan fingerprint density at radius 3 is 1.71 bits per heavy atom. The average molecular weight is 808 g/mol. The molecule has 0 aliphatic heterocycles. The van der Waals surface area contributed by atoms with Crippen LogP contribution in [0.15, 0.2) is 229 Å². The smallest absolute Gasteiger partial charge is 0.221 e. The van der Waals surface area contributed by atoms with Gasteiger partial charge in [-0.3, -0.25) is 13.5 Å². The fourth-order valence-electron chi connectivity index (χ4n) is 9.64. The number of anilines is 3. The van der Waals surface area contributed by atoms with Gasteiger partial charge in [-0.2, -0.15) is 0 Å². The van der Waals surface area contributed by atoms with E-state index in [0.29, 0.717) is 0 Å². The third kappa shape index (κ3) is 5.48. The molecule has 0 radical (unpaired) electrons. The number of imidazole rings is 2. The molecule has 6 heteroatoms. The second kappa shape index (κ2) is 14.0. The lowest BCUT2D eigenvalue weighted by molar-refractivity contribution is 0.669. The van der Waals surface area contributed by atoms with Gasteiger partial charge in [0.15, 0.2) is 5.65 Å². The van der Waals surface area contributed by atoms with Crippen molar-refractivity contribution in [1.29, 1.82) is 0 Å². The van der Waals surface area contributed by atoms with Crippen molar-refractivity contribution in [2.75, 3.05) is 4.90 Å². The molecule has 0 N–H and O–H groups in total. The molecule has 13 rings (SSSR count). The fraction of sp³-hybridized carbons (Fsp3) is 0. The summed E-state index contributed by atoms with van der Waals surface area (Å²) >= 11 is 0. The first kappa shape index (κ1) is 35.2. The van der Waals surface area contributed by atoms with Crippen LogP contribution in [-0.4, -0.2) is 18.5 Å². The maximum atomic E-state index is 6.27. The molecule has 13 aromatic rings. The predicted octanol–water partition coefficient (Wildman–Crippen LogP) is 15.1. The summed E-state index contributed by atoms with van der Waals surface area (Å²) in [4.78, 5) is 7.84. The number of para-hydroxylation sites is 4. The van der Waals surface area contributed by atoms with Gasteiger partial charge in [-0.1, -0.05) is 140 Å². The van der Waals surface area contributed by atoms with Crippen molar-refractivity contribution < 1.29 is 4.42 Å². The summed E-state index contributed by atoms with van der Waals surface area (Å²) in [5.41, 5.74) is 16.9. The molecular formula is C57H37N5O. The summed E-state index contributed by atoms with van der Waals surface area (Å²) in [6.45, 7) is 0.